The first-order chi connectivity index (χ1) is 28.0. The van der Waals surface area contributed by atoms with Crippen LogP contribution in [0.4, 0.5) is 17.1 Å². The van der Waals surface area contributed by atoms with E-state index in [-0.39, 0.29) is 5.41 Å². The lowest BCUT2D eigenvalue weighted by atomic mass is 9.79. The summed E-state index contributed by atoms with van der Waals surface area (Å²) in [4.78, 5) is 2.42. The number of anilines is 3. The number of para-hydroxylation sites is 2. The summed E-state index contributed by atoms with van der Waals surface area (Å²) in [7, 11) is 0. The van der Waals surface area contributed by atoms with Gasteiger partial charge in [-0.05, 0) is 97.2 Å². The van der Waals surface area contributed by atoms with Gasteiger partial charge in [-0.15, -0.1) is 0 Å². The molecule has 0 bridgehead atoms. The van der Waals surface area contributed by atoms with E-state index < -0.39 is 0 Å². The lowest BCUT2D eigenvalue weighted by Gasteiger charge is -2.29. The van der Waals surface area contributed by atoms with E-state index in [1.54, 1.807) is 0 Å². The van der Waals surface area contributed by atoms with E-state index in [0.717, 1.165) is 44.6 Å². The molecule has 2 heteroatoms. The Kier molecular flexibility index (Phi) is 7.55. The van der Waals surface area contributed by atoms with Gasteiger partial charge in [0.25, 0.3) is 0 Å². The Balaban J connectivity index is 1.15. The smallest absolute Gasteiger partial charge is 0.137 e. The molecule has 0 saturated carbocycles. The van der Waals surface area contributed by atoms with Crippen LogP contribution in [-0.2, 0) is 5.41 Å². The van der Waals surface area contributed by atoms with Gasteiger partial charge in [-0.25, -0.2) is 0 Å². The summed E-state index contributed by atoms with van der Waals surface area (Å²) < 4.78 is 6.52. The number of nitrogens with zero attached hydrogens (tertiary/aromatic N) is 1. The van der Waals surface area contributed by atoms with Gasteiger partial charge in [-0.2, -0.15) is 0 Å². The van der Waals surface area contributed by atoms with Crippen LogP contribution < -0.4 is 4.90 Å². The van der Waals surface area contributed by atoms with Crippen LogP contribution in [0.3, 0.4) is 0 Å². The first-order valence-corrected chi connectivity index (χ1v) is 19.8. The normalized spacial score (nSPS) is 12.9. The second kappa shape index (κ2) is 13.0. The van der Waals surface area contributed by atoms with Gasteiger partial charge in [0.05, 0.1) is 5.69 Å². The van der Waals surface area contributed by atoms with Gasteiger partial charge < -0.3 is 9.32 Å². The zero-order valence-electron chi connectivity index (χ0n) is 31.9. The van der Waals surface area contributed by atoms with Crippen LogP contribution in [0.15, 0.2) is 205 Å². The van der Waals surface area contributed by atoms with Crippen molar-refractivity contribution in [3.63, 3.8) is 0 Å². The van der Waals surface area contributed by atoms with Gasteiger partial charge in [0.2, 0.25) is 0 Å². The van der Waals surface area contributed by atoms with Crippen LogP contribution in [-0.4, -0.2) is 0 Å². The number of hydrogen-bond donors (Lipinski definition) is 0. The summed E-state index contributed by atoms with van der Waals surface area (Å²) >= 11 is 0. The summed E-state index contributed by atoms with van der Waals surface area (Å²) in [6, 6.07) is 72.6. The topological polar surface area (TPSA) is 16.4 Å². The zero-order valence-corrected chi connectivity index (χ0v) is 31.9. The molecular weight excluding hydrogens is 691 g/mol. The SMILES string of the molecule is CC1(C)c2ccccc2-c2cccc(-c3cccc(N(c4ccc5c(c4)oc4ccccc45)c4ccccc4-c4cccc5cccc(-c6ccccc6)c45)c3)c21. The highest BCUT2D eigenvalue weighted by atomic mass is 16.3. The Labute approximate surface area is 332 Å². The molecule has 2 nitrogen and oxygen atoms in total. The van der Waals surface area contributed by atoms with Crippen molar-refractivity contribution in [3.05, 3.63) is 211 Å². The number of furan rings is 1. The largest absolute Gasteiger partial charge is 0.456 e. The van der Waals surface area contributed by atoms with Crippen molar-refractivity contribution >= 4 is 49.8 Å². The van der Waals surface area contributed by atoms with E-state index in [4.69, 9.17) is 4.42 Å². The van der Waals surface area contributed by atoms with E-state index >= 15 is 0 Å². The van der Waals surface area contributed by atoms with Crippen molar-refractivity contribution in [2.75, 3.05) is 4.90 Å². The van der Waals surface area contributed by atoms with Gasteiger partial charge in [-0.3, -0.25) is 0 Å². The molecule has 1 aromatic heterocycles. The minimum absolute atomic E-state index is 0.137. The second-order valence-electron chi connectivity index (χ2n) is 15.7. The molecule has 11 rings (SSSR count). The minimum Gasteiger partial charge on any atom is -0.456 e. The molecule has 0 aliphatic heterocycles. The molecule has 1 aliphatic rings. The zero-order chi connectivity index (χ0) is 38.1. The van der Waals surface area contributed by atoms with Crippen LogP contribution in [0, 0.1) is 0 Å². The third-order valence-electron chi connectivity index (χ3n) is 12.0. The minimum atomic E-state index is -0.137. The predicted octanol–water partition coefficient (Wildman–Crippen LogP) is 15.5. The Bertz CT molecular complexity index is 3160. The lowest BCUT2D eigenvalue weighted by Crippen LogP contribution is -2.16. The molecule has 0 saturated heterocycles. The molecular formula is C55H39NO. The van der Waals surface area contributed by atoms with E-state index in [0.29, 0.717) is 0 Å². The van der Waals surface area contributed by atoms with E-state index in [1.807, 2.05) is 6.07 Å². The number of rotatable bonds is 6. The van der Waals surface area contributed by atoms with Gasteiger partial charge >= 0.3 is 0 Å². The first kappa shape index (κ1) is 33.2. The fourth-order valence-corrected chi connectivity index (χ4v) is 9.50. The maximum absolute atomic E-state index is 6.52. The Hall–Kier alpha value is -7.16. The highest BCUT2D eigenvalue weighted by molar-refractivity contribution is 6.10. The maximum atomic E-state index is 6.52. The molecule has 0 spiro atoms. The van der Waals surface area contributed by atoms with E-state index in [1.165, 1.54) is 60.8 Å². The van der Waals surface area contributed by atoms with Crippen LogP contribution >= 0.6 is 0 Å². The Morgan fingerprint density at radius 2 is 1.02 bits per heavy atom. The molecule has 10 aromatic rings. The van der Waals surface area contributed by atoms with Gasteiger partial charge in [0, 0.05) is 39.2 Å². The predicted molar refractivity (Wildman–Crippen MR) is 240 cm³/mol. The van der Waals surface area contributed by atoms with E-state index in [9.17, 15) is 0 Å². The van der Waals surface area contributed by atoms with Gasteiger partial charge in [-0.1, -0.05) is 172 Å². The average Bonchev–Trinajstić information content (AvgIpc) is 3.75. The molecule has 0 radical (unpaired) electrons. The number of hydrogen-bond acceptors (Lipinski definition) is 2. The average molecular weight is 730 g/mol. The first-order valence-electron chi connectivity index (χ1n) is 19.8. The summed E-state index contributed by atoms with van der Waals surface area (Å²) in [5.74, 6) is 0. The second-order valence-corrected chi connectivity index (χ2v) is 15.7. The summed E-state index contributed by atoms with van der Waals surface area (Å²) in [6.07, 6.45) is 0. The van der Waals surface area contributed by atoms with E-state index in [2.05, 4.69) is 213 Å². The van der Waals surface area contributed by atoms with Crippen LogP contribution in [0.5, 0.6) is 0 Å². The monoisotopic (exact) mass is 729 g/mol. The number of fused-ring (bicyclic) bond motifs is 7. The lowest BCUT2D eigenvalue weighted by molar-refractivity contribution is 0.662. The fraction of sp³-hybridized carbons (Fsp3) is 0.0545. The maximum Gasteiger partial charge on any atom is 0.137 e. The third-order valence-corrected chi connectivity index (χ3v) is 12.0. The van der Waals surface area contributed by atoms with Crippen molar-refractivity contribution in [1.29, 1.82) is 0 Å². The fourth-order valence-electron chi connectivity index (χ4n) is 9.50. The molecule has 1 aliphatic carbocycles. The molecule has 57 heavy (non-hydrogen) atoms. The Morgan fingerprint density at radius 3 is 1.89 bits per heavy atom. The molecule has 270 valence electrons. The summed E-state index contributed by atoms with van der Waals surface area (Å²) in [5.41, 5.74) is 17.4. The van der Waals surface area contributed by atoms with Crippen LogP contribution in [0.1, 0.15) is 25.0 Å². The van der Waals surface area contributed by atoms with Crippen molar-refractivity contribution in [1.82, 2.24) is 0 Å². The van der Waals surface area contributed by atoms with Gasteiger partial charge in [0.15, 0.2) is 0 Å². The highest BCUT2D eigenvalue weighted by Gasteiger charge is 2.37. The molecule has 1 heterocycles. The molecule has 0 N–H and O–H groups in total. The molecule has 0 unspecified atom stereocenters. The molecule has 0 fully saturated rings. The highest BCUT2D eigenvalue weighted by Crippen LogP contribution is 2.53. The molecule has 0 amide bonds. The number of benzene rings is 9. The summed E-state index contributed by atoms with van der Waals surface area (Å²) in [6.45, 7) is 4.73. The Morgan fingerprint density at radius 1 is 0.404 bits per heavy atom. The van der Waals surface area contributed by atoms with Crippen molar-refractivity contribution in [2.45, 2.75) is 19.3 Å². The van der Waals surface area contributed by atoms with Crippen molar-refractivity contribution < 1.29 is 4.42 Å². The van der Waals surface area contributed by atoms with Crippen LogP contribution in [0.25, 0.3) is 77.2 Å². The quantitative estimate of drug-likeness (QED) is 0.169. The van der Waals surface area contributed by atoms with Crippen molar-refractivity contribution in [3.8, 4) is 44.5 Å². The standard InChI is InChI=1S/C55H39NO/c1-55(2)49-29-9-6-22-43(49)48-28-15-26-42(54(48)55)38-20-12-21-39(34-38)56(40-32-33-46-45-24-8-11-31-51(45)57-52(46)35-40)50-30-10-7-23-44(50)47-27-14-19-37-18-13-25-41(53(37)47)36-16-4-3-5-17-36/h3-35H,1-2H3. The summed E-state index contributed by atoms with van der Waals surface area (Å²) in [5, 5.41) is 4.68. The van der Waals surface area contributed by atoms with Crippen molar-refractivity contribution in [2.24, 2.45) is 0 Å². The molecule has 0 atom stereocenters. The van der Waals surface area contributed by atoms with Crippen LogP contribution in [0.2, 0.25) is 0 Å². The molecule has 9 aromatic carbocycles. The van der Waals surface area contributed by atoms with Gasteiger partial charge in [0.1, 0.15) is 11.2 Å². The third kappa shape index (κ3) is 5.25.